The van der Waals surface area contributed by atoms with E-state index >= 15 is 0 Å². The summed E-state index contributed by atoms with van der Waals surface area (Å²) in [6.07, 6.45) is 2.36. The van der Waals surface area contributed by atoms with Gasteiger partial charge in [0.1, 0.15) is 17.5 Å². The van der Waals surface area contributed by atoms with Crippen molar-refractivity contribution in [1.82, 2.24) is 9.97 Å². The lowest BCUT2D eigenvalue weighted by Gasteiger charge is -2.12. The van der Waals surface area contributed by atoms with Crippen molar-refractivity contribution in [3.05, 3.63) is 11.9 Å². The molecule has 1 aliphatic rings. The number of hydrogen-bond acceptors (Lipinski definition) is 7. The second-order valence-electron chi connectivity index (χ2n) is 4.17. The van der Waals surface area contributed by atoms with Gasteiger partial charge in [0.2, 0.25) is 0 Å². The molecule has 0 spiro atoms. The van der Waals surface area contributed by atoms with Crippen LogP contribution in [-0.2, 0) is 9.84 Å². The largest absolute Gasteiger partial charge is 0.366 e. The van der Waals surface area contributed by atoms with Gasteiger partial charge in [-0.15, -0.1) is 0 Å². The van der Waals surface area contributed by atoms with Crippen LogP contribution in [0.3, 0.4) is 0 Å². The fourth-order valence-corrected chi connectivity index (χ4v) is 3.55. The Bertz CT molecular complexity index is 593. The fourth-order valence-electron chi connectivity index (χ4n) is 1.88. The Morgan fingerprint density at radius 1 is 1.44 bits per heavy atom. The Hall–Kier alpha value is -1.88. The summed E-state index contributed by atoms with van der Waals surface area (Å²) in [5, 5.41) is 14.0. The maximum Gasteiger partial charge on any atom is 0.182 e. The van der Waals surface area contributed by atoms with Gasteiger partial charge < -0.3 is 5.32 Å². The molecule has 2 heterocycles. The number of nitrogens with one attached hydrogen (secondary N) is 2. The van der Waals surface area contributed by atoms with Gasteiger partial charge in [-0.1, -0.05) is 0 Å². The highest BCUT2D eigenvalue weighted by atomic mass is 32.2. The molecule has 1 unspecified atom stereocenters. The first-order valence-electron chi connectivity index (χ1n) is 5.46. The average molecular weight is 267 g/mol. The smallest absolute Gasteiger partial charge is 0.182 e. The quantitative estimate of drug-likeness (QED) is 0.598. The molecule has 0 saturated carbocycles. The van der Waals surface area contributed by atoms with E-state index in [0.717, 1.165) is 0 Å². The van der Waals surface area contributed by atoms with Crippen molar-refractivity contribution < 1.29 is 8.42 Å². The summed E-state index contributed by atoms with van der Waals surface area (Å²) in [7, 11) is -2.92. The van der Waals surface area contributed by atoms with Crippen molar-refractivity contribution in [3.63, 3.8) is 0 Å². The van der Waals surface area contributed by atoms with Crippen molar-refractivity contribution in [2.75, 3.05) is 22.1 Å². The van der Waals surface area contributed by atoms with Crippen LogP contribution in [0.5, 0.6) is 0 Å². The minimum absolute atomic E-state index is 0.122. The molecular weight excluding hydrogens is 254 g/mol. The van der Waals surface area contributed by atoms with Gasteiger partial charge in [-0.05, 0) is 13.3 Å². The van der Waals surface area contributed by atoms with E-state index in [-0.39, 0.29) is 17.5 Å². The zero-order valence-electron chi connectivity index (χ0n) is 9.84. The lowest BCUT2D eigenvalue weighted by atomic mass is 10.2. The van der Waals surface area contributed by atoms with Crippen LogP contribution in [0, 0.1) is 18.4 Å². The molecule has 2 N–H and O–H groups in total. The summed E-state index contributed by atoms with van der Waals surface area (Å²) in [6.45, 7) is 1.71. The molecule has 0 bridgehead atoms. The van der Waals surface area contributed by atoms with E-state index in [1.165, 1.54) is 0 Å². The molecule has 1 aromatic rings. The third-order valence-electron chi connectivity index (χ3n) is 2.61. The van der Waals surface area contributed by atoms with Gasteiger partial charge in [-0.25, -0.2) is 18.4 Å². The van der Waals surface area contributed by atoms with Crippen molar-refractivity contribution >= 4 is 21.5 Å². The van der Waals surface area contributed by atoms with E-state index in [2.05, 4.69) is 20.6 Å². The summed E-state index contributed by atoms with van der Waals surface area (Å²) in [6, 6.07) is 1.46. The molecule has 1 aliphatic heterocycles. The lowest BCUT2D eigenvalue weighted by Crippen LogP contribution is -2.21. The van der Waals surface area contributed by atoms with E-state index in [9.17, 15) is 8.42 Å². The van der Waals surface area contributed by atoms with Crippen molar-refractivity contribution in [1.29, 1.82) is 5.26 Å². The summed E-state index contributed by atoms with van der Waals surface area (Å²) >= 11 is 0. The van der Waals surface area contributed by atoms with Gasteiger partial charge >= 0.3 is 0 Å². The summed E-state index contributed by atoms with van der Waals surface area (Å²) in [5.41, 5.74) is 0. The molecule has 8 heteroatoms. The number of sulfone groups is 1. The van der Waals surface area contributed by atoms with E-state index < -0.39 is 9.84 Å². The number of aryl methyl sites for hydroxylation is 1. The monoisotopic (exact) mass is 267 g/mol. The van der Waals surface area contributed by atoms with Crippen LogP contribution in [-0.4, -0.2) is 35.9 Å². The van der Waals surface area contributed by atoms with Gasteiger partial charge in [-0.3, -0.25) is 5.32 Å². The molecule has 1 fully saturated rings. The molecule has 1 aromatic heterocycles. The lowest BCUT2D eigenvalue weighted by molar-refractivity contribution is 0.602. The van der Waals surface area contributed by atoms with Gasteiger partial charge in [0.05, 0.1) is 11.5 Å². The standard InChI is InChI=1S/C10H13N5O2S/c1-7-13-9(12-6-11)4-10(14-7)15-8-2-3-18(16,17)5-8/h4,8H,2-3,5H2,1H3,(H2,12,13,14,15). The third kappa shape index (κ3) is 3.07. The number of nitrogens with zero attached hydrogens (tertiary/aromatic N) is 3. The second kappa shape index (κ2) is 4.78. The van der Waals surface area contributed by atoms with Crippen LogP contribution >= 0.6 is 0 Å². The predicted molar refractivity (Wildman–Crippen MR) is 66.7 cm³/mol. The first-order valence-corrected chi connectivity index (χ1v) is 7.28. The fraction of sp³-hybridized carbons (Fsp3) is 0.500. The van der Waals surface area contributed by atoms with Crippen molar-refractivity contribution in [3.8, 4) is 6.19 Å². The second-order valence-corrected chi connectivity index (χ2v) is 6.40. The van der Waals surface area contributed by atoms with E-state index in [0.29, 0.717) is 23.9 Å². The van der Waals surface area contributed by atoms with Crippen molar-refractivity contribution in [2.24, 2.45) is 0 Å². The molecule has 2 rings (SSSR count). The highest BCUT2D eigenvalue weighted by molar-refractivity contribution is 7.91. The van der Waals surface area contributed by atoms with Gasteiger partial charge in [0.15, 0.2) is 16.0 Å². The number of anilines is 2. The Balaban J connectivity index is 2.12. The van der Waals surface area contributed by atoms with Gasteiger partial charge in [0, 0.05) is 12.1 Å². The third-order valence-corrected chi connectivity index (χ3v) is 4.37. The molecule has 0 radical (unpaired) electrons. The first kappa shape index (κ1) is 12.6. The Labute approximate surface area is 105 Å². The Morgan fingerprint density at radius 2 is 2.17 bits per heavy atom. The van der Waals surface area contributed by atoms with Crippen LogP contribution in [0.2, 0.25) is 0 Å². The van der Waals surface area contributed by atoms with Crippen LogP contribution in [0.4, 0.5) is 11.6 Å². The van der Waals surface area contributed by atoms with Crippen molar-refractivity contribution in [2.45, 2.75) is 19.4 Å². The Morgan fingerprint density at radius 3 is 2.78 bits per heavy atom. The maximum atomic E-state index is 11.3. The maximum absolute atomic E-state index is 11.3. The molecule has 0 aromatic carbocycles. The van der Waals surface area contributed by atoms with Gasteiger partial charge in [0.25, 0.3) is 0 Å². The zero-order valence-corrected chi connectivity index (χ0v) is 10.7. The highest BCUT2D eigenvalue weighted by Crippen LogP contribution is 2.18. The first-order chi connectivity index (χ1) is 8.48. The molecule has 7 nitrogen and oxygen atoms in total. The minimum atomic E-state index is -2.92. The number of aromatic nitrogens is 2. The molecule has 1 atom stereocenters. The van der Waals surface area contributed by atoms with Gasteiger partial charge in [-0.2, -0.15) is 5.26 Å². The topological polar surface area (TPSA) is 108 Å². The van der Waals surface area contributed by atoms with E-state index in [1.807, 2.05) is 0 Å². The molecule has 18 heavy (non-hydrogen) atoms. The molecule has 96 valence electrons. The summed E-state index contributed by atoms with van der Waals surface area (Å²) < 4.78 is 22.7. The number of hydrogen-bond donors (Lipinski definition) is 2. The molecular formula is C10H13N5O2S. The van der Waals surface area contributed by atoms with E-state index in [4.69, 9.17) is 5.26 Å². The zero-order chi connectivity index (χ0) is 13.2. The SMILES string of the molecule is Cc1nc(NC#N)cc(NC2CCS(=O)(=O)C2)n1. The van der Waals surface area contributed by atoms with Crippen LogP contribution in [0.1, 0.15) is 12.2 Å². The number of rotatable bonds is 3. The average Bonchev–Trinajstić information content (AvgIpc) is 2.57. The Kier molecular flexibility index (Phi) is 3.34. The summed E-state index contributed by atoms with van der Waals surface area (Å²) in [4.78, 5) is 8.18. The van der Waals surface area contributed by atoms with Crippen LogP contribution in [0.25, 0.3) is 0 Å². The molecule has 0 amide bonds. The predicted octanol–water partition coefficient (Wildman–Crippen LogP) is 0.277. The normalized spacial score (nSPS) is 21.2. The van der Waals surface area contributed by atoms with Crippen LogP contribution < -0.4 is 10.6 Å². The number of nitriles is 1. The summed E-state index contributed by atoms with van der Waals surface area (Å²) in [5.74, 6) is 1.77. The molecule has 0 aliphatic carbocycles. The molecule has 1 saturated heterocycles. The van der Waals surface area contributed by atoms with E-state index in [1.54, 1.807) is 19.2 Å². The highest BCUT2D eigenvalue weighted by Gasteiger charge is 2.28. The minimum Gasteiger partial charge on any atom is -0.366 e. The van der Waals surface area contributed by atoms with Crippen LogP contribution in [0.15, 0.2) is 6.07 Å².